The highest BCUT2D eigenvalue weighted by Gasteiger charge is 2.26. The van der Waals surface area contributed by atoms with Gasteiger partial charge in [-0.2, -0.15) is 0 Å². The van der Waals surface area contributed by atoms with Crippen LogP contribution in [0.25, 0.3) is 10.1 Å². The summed E-state index contributed by atoms with van der Waals surface area (Å²) in [4.78, 5) is 24.1. The van der Waals surface area contributed by atoms with Gasteiger partial charge >= 0.3 is 12.1 Å². The molecule has 1 atom stereocenters. The van der Waals surface area contributed by atoms with E-state index < -0.39 is 23.7 Å². The number of rotatable bonds is 4. The Morgan fingerprint density at radius 1 is 1.35 bits per heavy atom. The highest BCUT2D eigenvalue weighted by molar-refractivity contribution is 9.10. The van der Waals surface area contributed by atoms with Crippen molar-refractivity contribution in [2.45, 2.75) is 38.8 Å². The minimum absolute atomic E-state index is 0.189. The van der Waals surface area contributed by atoms with E-state index in [1.54, 1.807) is 20.8 Å². The van der Waals surface area contributed by atoms with Crippen LogP contribution in [-0.4, -0.2) is 28.8 Å². The smallest absolute Gasteiger partial charge is 0.408 e. The molecular formula is C16H18BrNO4S. The number of nitrogens with one attached hydrogen (secondary N) is 1. The van der Waals surface area contributed by atoms with Gasteiger partial charge in [0, 0.05) is 25.9 Å². The molecule has 1 unspecified atom stereocenters. The summed E-state index contributed by atoms with van der Waals surface area (Å²) in [6, 6.07) is 6.76. The molecule has 0 aliphatic carbocycles. The molecule has 2 rings (SSSR count). The van der Waals surface area contributed by atoms with E-state index in [1.165, 1.54) is 11.3 Å². The van der Waals surface area contributed by atoms with Crippen LogP contribution in [0, 0.1) is 0 Å². The fraction of sp³-hybridized carbons (Fsp3) is 0.375. The van der Waals surface area contributed by atoms with Crippen LogP contribution in [0.1, 0.15) is 25.6 Å². The number of hydrogen-bond donors (Lipinski definition) is 2. The zero-order chi connectivity index (χ0) is 17.2. The second-order valence-electron chi connectivity index (χ2n) is 6.08. The lowest BCUT2D eigenvalue weighted by molar-refractivity contribution is -0.139. The summed E-state index contributed by atoms with van der Waals surface area (Å²) >= 11 is 5.03. The number of carbonyl (C=O) groups is 2. The fourth-order valence-corrected chi connectivity index (χ4v) is 4.05. The lowest BCUT2D eigenvalue weighted by Crippen LogP contribution is -2.44. The molecule has 0 fully saturated rings. The Morgan fingerprint density at radius 2 is 2.00 bits per heavy atom. The Hall–Kier alpha value is -1.60. The van der Waals surface area contributed by atoms with E-state index in [-0.39, 0.29) is 6.42 Å². The van der Waals surface area contributed by atoms with Crippen molar-refractivity contribution in [3.63, 3.8) is 0 Å². The average molecular weight is 400 g/mol. The number of fused-ring (bicyclic) bond motifs is 1. The molecule has 23 heavy (non-hydrogen) atoms. The lowest BCUT2D eigenvalue weighted by Gasteiger charge is -2.21. The number of amides is 1. The maximum Gasteiger partial charge on any atom is 0.408 e. The second kappa shape index (κ2) is 6.88. The Balaban J connectivity index is 2.17. The number of benzene rings is 1. The van der Waals surface area contributed by atoms with Crippen LogP contribution in [0.3, 0.4) is 0 Å². The molecule has 5 nitrogen and oxygen atoms in total. The maximum atomic E-state index is 11.8. The normalized spacial score (nSPS) is 12.9. The first-order chi connectivity index (χ1) is 10.7. The number of alkyl carbamates (subject to hydrolysis) is 1. The van der Waals surface area contributed by atoms with Crippen LogP contribution in [-0.2, 0) is 16.0 Å². The summed E-state index contributed by atoms with van der Waals surface area (Å²) in [5.41, 5.74) is -0.675. The van der Waals surface area contributed by atoms with Gasteiger partial charge in [-0.3, -0.25) is 0 Å². The van der Waals surface area contributed by atoms with Gasteiger partial charge in [-0.05, 0) is 42.8 Å². The van der Waals surface area contributed by atoms with E-state index in [2.05, 4.69) is 21.2 Å². The van der Waals surface area contributed by atoms with Gasteiger partial charge in [-0.25, -0.2) is 9.59 Å². The summed E-state index contributed by atoms with van der Waals surface area (Å²) in [7, 11) is 0. The lowest BCUT2D eigenvalue weighted by atomic mass is 10.1. The zero-order valence-corrected chi connectivity index (χ0v) is 15.5. The van der Waals surface area contributed by atoms with Gasteiger partial charge in [-0.1, -0.05) is 18.2 Å². The van der Waals surface area contributed by atoms with Crippen LogP contribution in [0.5, 0.6) is 0 Å². The Kier molecular flexibility index (Phi) is 5.31. The first-order valence-electron chi connectivity index (χ1n) is 7.05. The standard InChI is InChI=1S/C16H18BrNO4S/c1-16(2,3)22-15(21)18-10(14(19)20)8-12-13(17)9-6-4-5-7-11(9)23-12/h4-7,10H,8H2,1-3H3,(H,18,21)(H,19,20). The zero-order valence-electron chi connectivity index (χ0n) is 13.1. The molecule has 0 saturated carbocycles. The largest absolute Gasteiger partial charge is 0.480 e. The van der Waals surface area contributed by atoms with E-state index in [0.717, 1.165) is 19.4 Å². The summed E-state index contributed by atoms with van der Waals surface area (Å²) < 4.78 is 7.06. The first-order valence-corrected chi connectivity index (χ1v) is 8.66. The van der Waals surface area contributed by atoms with Crippen molar-refractivity contribution in [2.75, 3.05) is 0 Å². The number of carbonyl (C=O) groups excluding carboxylic acids is 1. The fourth-order valence-electron chi connectivity index (χ4n) is 2.03. The van der Waals surface area contributed by atoms with E-state index in [9.17, 15) is 14.7 Å². The van der Waals surface area contributed by atoms with Crippen molar-refractivity contribution in [2.24, 2.45) is 0 Å². The molecule has 0 saturated heterocycles. The third kappa shape index (κ3) is 4.68. The molecule has 124 valence electrons. The number of halogens is 1. The van der Waals surface area contributed by atoms with E-state index in [0.29, 0.717) is 0 Å². The topological polar surface area (TPSA) is 75.6 Å². The molecule has 0 aliphatic heterocycles. The molecule has 0 spiro atoms. The van der Waals surface area contributed by atoms with Crippen molar-refractivity contribution in [1.29, 1.82) is 0 Å². The molecule has 2 N–H and O–H groups in total. The minimum Gasteiger partial charge on any atom is -0.480 e. The van der Waals surface area contributed by atoms with Gasteiger partial charge in [0.25, 0.3) is 0 Å². The average Bonchev–Trinajstić information content (AvgIpc) is 2.73. The molecule has 7 heteroatoms. The Labute approximate surface area is 146 Å². The van der Waals surface area contributed by atoms with E-state index in [4.69, 9.17) is 4.74 Å². The number of ether oxygens (including phenoxy) is 1. The molecule has 1 aromatic carbocycles. The molecule has 0 bridgehead atoms. The van der Waals surface area contributed by atoms with Crippen LogP contribution >= 0.6 is 27.3 Å². The summed E-state index contributed by atoms with van der Waals surface area (Å²) in [5, 5.41) is 12.8. The monoisotopic (exact) mass is 399 g/mol. The molecule has 1 heterocycles. The third-order valence-electron chi connectivity index (χ3n) is 2.98. The summed E-state index contributed by atoms with van der Waals surface area (Å²) in [5.74, 6) is -1.10. The van der Waals surface area contributed by atoms with Crippen molar-refractivity contribution < 1.29 is 19.4 Å². The Bertz CT molecular complexity index is 735. The summed E-state index contributed by atoms with van der Waals surface area (Å²) in [6.45, 7) is 5.18. The molecule has 2 aromatic rings. The number of aliphatic carboxylic acids is 1. The predicted octanol–water partition coefficient (Wildman–Crippen LogP) is 4.18. The maximum absolute atomic E-state index is 11.8. The van der Waals surface area contributed by atoms with Crippen LogP contribution in [0.15, 0.2) is 28.7 Å². The SMILES string of the molecule is CC(C)(C)OC(=O)NC(Cc1sc2ccccc2c1Br)C(=O)O. The number of thiophene rings is 1. The van der Waals surface area contributed by atoms with Crippen molar-refractivity contribution >= 4 is 49.4 Å². The number of carboxylic acids is 1. The van der Waals surface area contributed by atoms with Gasteiger partial charge in [0.15, 0.2) is 0 Å². The highest BCUT2D eigenvalue weighted by Crippen LogP contribution is 2.36. The van der Waals surface area contributed by atoms with Crippen molar-refractivity contribution in [3.8, 4) is 0 Å². The third-order valence-corrected chi connectivity index (χ3v) is 5.34. The van der Waals surface area contributed by atoms with Crippen LogP contribution in [0.2, 0.25) is 0 Å². The van der Waals surface area contributed by atoms with Crippen molar-refractivity contribution in [1.82, 2.24) is 5.32 Å². The van der Waals surface area contributed by atoms with Crippen LogP contribution < -0.4 is 5.32 Å². The van der Waals surface area contributed by atoms with E-state index in [1.807, 2.05) is 24.3 Å². The van der Waals surface area contributed by atoms with Gasteiger partial charge < -0.3 is 15.2 Å². The van der Waals surface area contributed by atoms with Gasteiger partial charge in [-0.15, -0.1) is 11.3 Å². The second-order valence-corrected chi connectivity index (χ2v) is 8.01. The summed E-state index contributed by atoms with van der Waals surface area (Å²) in [6.07, 6.45) is -0.545. The molecule has 0 radical (unpaired) electrons. The van der Waals surface area contributed by atoms with E-state index >= 15 is 0 Å². The molecule has 0 aliphatic rings. The predicted molar refractivity (Wildman–Crippen MR) is 94.0 cm³/mol. The quantitative estimate of drug-likeness (QED) is 0.807. The number of hydrogen-bond acceptors (Lipinski definition) is 4. The Morgan fingerprint density at radius 3 is 2.57 bits per heavy atom. The molecular weight excluding hydrogens is 382 g/mol. The minimum atomic E-state index is -1.10. The molecule has 1 amide bonds. The highest BCUT2D eigenvalue weighted by atomic mass is 79.9. The van der Waals surface area contributed by atoms with Crippen LogP contribution in [0.4, 0.5) is 4.79 Å². The molecule has 1 aromatic heterocycles. The van der Waals surface area contributed by atoms with Crippen molar-refractivity contribution in [3.05, 3.63) is 33.6 Å². The van der Waals surface area contributed by atoms with Gasteiger partial charge in [0.05, 0.1) is 0 Å². The van der Waals surface area contributed by atoms with Gasteiger partial charge in [0.1, 0.15) is 11.6 Å². The number of carboxylic acid groups (broad SMARTS) is 1. The van der Waals surface area contributed by atoms with Gasteiger partial charge in [0.2, 0.25) is 0 Å². The first kappa shape index (κ1) is 17.7.